The number of hydrogen-bond donors (Lipinski definition) is 0. The molecule has 0 nitrogen and oxygen atoms in total. The monoisotopic (exact) mass is 156 g/mol. The number of rotatable bonds is 3. The van der Waals surface area contributed by atoms with Crippen molar-refractivity contribution < 1.29 is 0 Å². The largest absolute Gasteiger partial charge is 0.176 e. The van der Waals surface area contributed by atoms with Crippen molar-refractivity contribution in [3.05, 3.63) is 0 Å². The highest BCUT2D eigenvalue weighted by Crippen LogP contribution is 2.03. The van der Waals surface area contributed by atoms with Crippen molar-refractivity contribution in [1.29, 1.82) is 0 Å². The van der Waals surface area contributed by atoms with E-state index in [-0.39, 0.29) is 8.83 Å². The molecular weight excluding hydrogens is 147 g/mol. The van der Waals surface area contributed by atoms with Gasteiger partial charge in [-0.15, -0.1) is 11.6 Å². The first-order chi connectivity index (χ1) is 3.27. The van der Waals surface area contributed by atoms with Crippen molar-refractivity contribution in [3.8, 4) is 0 Å². The molecule has 0 aliphatic rings. The SMILES string of the molecule is CC(Cl)CC[SiH2]Cl. The van der Waals surface area contributed by atoms with E-state index >= 15 is 0 Å². The van der Waals surface area contributed by atoms with Crippen LogP contribution in [0.25, 0.3) is 0 Å². The zero-order chi connectivity index (χ0) is 5.70. The summed E-state index contributed by atoms with van der Waals surface area (Å²) in [6.45, 7) is 2.00. The number of alkyl halides is 1. The predicted molar refractivity (Wildman–Crippen MR) is 39.1 cm³/mol. The van der Waals surface area contributed by atoms with Crippen LogP contribution in [0, 0.1) is 0 Å². The van der Waals surface area contributed by atoms with Gasteiger partial charge >= 0.3 is 0 Å². The van der Waals surface area contributed by atoms with E-state index in [0.29, 0.717) is 5.38 Å². The van der Waals surface area contributed by atoms with E-state index < -0.39 is 0 Å². The normalized spacial score (nSPS) is 15.9. The highest BCUT2D eigenvalue weighted by Gasteiger charge is 1.92. The van der Waals surface area contributed by atoms with Gasteiger partial charge < -0.3 is 0 Å². The third-order valence-corrected chi connectivity index (χ3v) is 2.43. The van der Waals surface area contributed by atoms with Gasteiger partial charge in [-0.3, -0.25) is 0 Å². The van der Waals surface area contributed by atoms with E-state index in [9.17, 15) is 0 Å². The Morgan fingerprint density at radius 3 is 2.43 bits per heavy atom. The Balaban J connectivity index is 2.68. The topological polar surface area (TPSA) is 0 Å². The molecule has 7 heavy (non-hydrogen) atoms. The van der Waals surface area contributed by atoms with Crippen LogP contribution >= 0.6 is 22.7 Å². The maximum absolute atomic E-state index is 5.62. The van der Waals surface area contributed by atoms with Crippen molar-refractivity contribution in [3.63, 3.8) is 0 Å². The van der Waals surface area contributed by atoms with E-state index in [2.05, 4.69) is 0 Å². The molecule has 0 rings (SSSR count). The number of halogens is 2. The zero-order valence-electron chi connectivity index (χ0n) is 4.45. The second-order valence-corrected chi connectivity index (χ2v) is 4.58. The van der Waals surface area contributed by atoms with Crippen LogP contribution in [-0.2, 0) is 0 Å². The highest BCUT2D eigenvalue weighted by molar-refractivity contribution is 6.93. The third kappa shape index (κ3) is 6.80. The van der Waals surface area contributed by atoms with Crippen LogP contribution in [0.4, 0.5) is 0 Å². The fourth-order valence-corrected chi connectivity index (χ4v) is 2.00. The minimum atomic E-state index is -0.241. The fourth-order valence-electron chi connectivity index (χ4n) is 0.358. The molecule has 0 aliphatic heterocycles. The van der Waals surface area contributed by atoms with Crippen molar-refractivity contribution in [2.24, 2.45) is 0 Å². The minimum absolute atomic E-state index is 0.241. The van der Waals surface area contributed by atoms with E-state index in [4.69, 9.17) is 22.7 Å². The molecule has 0 fully saturated rings. The van der Waals surface area contributed by atoms with Crippen molar-refractivity contribution in [2.45, 2.75) is 24.8 Å². The molecule has 0 amide bonds. The molecule has 0 aromatic carbocycles. The summed E-state index contributed by atoms with van der Waals surface area (Å²) in [6, 6.07) is 1.17. The molecule has 0 aromatic rings. The molecule has 0 N–H and O–H groups in total. The molecule has 0 heterocycles. The van der Waals surface area contributed by atoms with Crippen molar-refractivity contribution in [2.75, 3.05) is 0 Å². The van der Waals surface area contributed by atoms with Gasteiger partial charge in [0.25, 0.3) is 0 Å². The molecule has 1 unspecified atom stereocenters. The summed E-state index contributed by atoms with van der Waals surface area (Å²) in [5, 5.41) is 0.325. The quantitative estimate of drug-likeness (QED) is 0.332. The molecular formula is C4H10Cl2Si. The Labute approximate surface area is 56.7 Å². The van der Waals surface area contributed by atoms with Gasteiger partial charge in [0.05, 0.1) is 0 Å². The second-order valence-electron chi connectivity index (χ2n) is 1.61. The maximum atomic E-state index is 5.62. The third-order valence-electron chi connectivity index (χ3n) is 0.736. The standard InChI is InChI=1S/C4H10Cl2Si/c1-4(5)2-3-7-6/h4H,2-3,7H2,1H3. The van der Waals surface area contributed by atoms with Crippen LogP contribution in [0.5, 0.6) is 0 Å². The van der Waals surface area contributed by atoms with Crippen LogP contribution in [0.2, 0.25) is 6.04 Å². The fraction of sp³-hybridized carbons (Fsp3) is 1.00. The van der Waals surface area contributed by atoms with Crippen LogP contribution in [0.3, 0.4) is 0 Å². The molecule has 0 aromatic heterocycles. The Morgan fingerprint density at radius 1 is 1.71 bits per heavy atom. The number of hydrogen-bond acceptors (Lipinski definition) is 0. The Bertz CT molecular complexity index is 38.7. The minimum Gasteiger partial charge on any atom is -0.176 e. The second kappa shape index (κ2) is 4.94. The van der Waals surface area contributed by atoms with Crippen LogP contribution < -0.4 is 0 Å². The van der Waals surface area contributed by atoms with Gasteiger partial charge in [0.2, 0.25) is 0 Å². The van der Waals surface area contributed by atoms with Crippen LogP contribution in [0.1, 0.15) is 13.3 Å². The Hall–Kier alpha value is 0.797. The lowest BCUT2D eigenvalue weighted by atomic mass is 10.4. The van der Waals surface area contributed by atoms with Crippen LogP contribution in [-0.4, -0.2) is 14.2 Å². The maximum Gasteiger partial charge on any atom is 0.125 e. The summed E-state index contributed by atoms with van der Waals surface area (Å²) in [7, 11) is -0.241. The predicted octanol–water partition coefficient (Wildman–Crippen LogP) is 1.74. The van der Waals surface area contributed by atoms with Gasteiger partial charge in [0.1, 0.15) is 8.83 Å². The van der Waals surface area contributed by atoms with Crippen molar-refractivity contribution >= 4 is 31.5 Å². The first kappa shape index (κ1) is 7.80. The first-order valence-electron chi connectivity index (χ1n) is 2.47. The summed E-state index contributed by atoms with van der Waals surface area (Å²) >= 11 is 11.1. The van der Waals surface area contributed by atoms with E-state index in [1.807, 2.05) is 6.92 Å². The van der Waals surface area contributed by atoms with Crippen LogP contribution in [0.15, 0.2) is 0 Å². The van der Waals surface area contributed by atoms with Gasteiger partial charge in [0, 0.05) is 5.38 Å². The van der Waals surface area contributed by atoms with E-state index in [0.717, 1.165) is 6.42 Å². The Kier molecular flexibility index (Phi) is 5.51. The van der Waals surface area contributed by atoms with Gasteiger partial charge in [-0.25, -0.2) is 0 Å². The zero-order valence-corrected chi connectivity index (χ0v) is 7.38. The molecule has 0 spiro atoms. The summed E-state index contributed by atoms with van der Waals surface area (Å²) in [6.07, 6.45) is 1.09. The van der Waals surface area contributed by atoms with Gasteiger partial charge in [0.15, 0.2) is 0 Å². The van der Waals surface area contributed by atoms with Crippen molar-refractivity contribution in [1.82, 2.24) is 0 Å². The molecule has 0 aliphatic carbocycles. The van der Waals surface area contributed by atoms with E-state index in [1.54, 1.807) is 0 Å². The Morgan fingerprint density at radius 2 is 2.29 bits per heavy atom. The molecule has 0 saturated carbocycles. The molecule has 3 heteroatoms. The summed E-state index contributed by atoms with van der Waals surface area (Å²) in [5.41, 5.74) is 0. The molecule has 0 saturated heterocycles. The lowest BCUT2D eigenvalue weighted by Crippen LogP contribution is -1.90. The molecule has 0 radical (unpaired) electrons. The summed E-state index contributed by atoms with van der Waals surface area (Å²) in [4.78, 5) is 0. The molecule has 0 bridgehead atoms. The van der Waals surface area contributed by atoms with Gasteiger partial charge in [-0.2, -0.15) is 11.1 Å². The average molecular weight is 157 g/mol. The van der Waals surface area contributed by atoms with E-state index in [1.165, 1.54) is 6.04 Å². The molecule has 44 valence electrons. The smallest absolute Gasteiger partial charge is 0.125 e. The van der Waals surface area contributed by atoms with Gasteiger partial charge in [-0.05, 0) is 19.4 Å². The summed E-state index contributed by atoms with van der Waals surface area (Å²) in [5.74, 6) is 0. The molecule has 1 atom stereocenters. The highest BCUT2D eigenvalue weighted by atomic mass is 35.6. The van der Waals surface area contributed by atoms with Gasteiger partial charge in [-0.1, -0.05) is 0 Å². The lowest BCUT2D eigenvalue weighted by molar-refractivity contribution is 0.892. The first-order valence-corrected chi connectivity index (χ1v) is 6.05. The summed E-state index contributed by atoms with van der Waals surface area (Å²) < 4.78 is 0. The average Bonchev–Trinajstić information content (AvgIpc) is 1.61. The lowest BCUT2D eigenvalue weighted by Gasteiger charge is -1.95.